The van der Waals surface area contributed by atoms with Gasteiger partial charge in [-0.25, -0.2) is 0 Å². The van der Waals surface area contributed by atoms with Crippen molar-refractivity contribution < 1.29 is 5.11 Å². The zero-order valence-corrected chi connectivity index (χ0v) is 8.03. The van der Waals surface area contributed by atoms with Crippen LogP contribution in [-0.4, -0.2) is 5.11 Å². The fourth-order valence-electron chi connectivity index (χ4n) is 1.76. The van der Waals surface area contributed by atoms with E-state index in [2.05, 4.69) is 13.0 Å². The first-order valence-electron chi connectivity index (χ1n) is 4.82. The first kappa shape index (κ1) is 9.07. The molecule has 0 unspecified atom stereocenters. The van der Waals surface area contributed by atoms with E-state index in [1.807, 2.05) is 24.3 Å². The van der Waals surface area contributed by atoms with Crippen LogP contribution < -0.4 is 0 Å². The van der Waals surface area contributed by atoms with Crippen LogP contribution in [-0.2, 0) is 6.42 Å². The molecule has 2 aromatic rings. The molecule has 2 aromatic carbocycles. The fraction of sp³-hybridized carbons (Fsp3) is 0.154. The Morgan fingerprint density at radius 1 is 1.07 bits per heavy atom. The third-order valence-electron chi connectivity index (χ3n) is 2.44. The van der Waals surface area contributed by atoms with Gasteiger partial charge in [-0.15, -0.1) is 0 Å². The lowest BCUT2D eigenvalue weighted by atomic mass is 10.0. The monoisotopic (exact) mass is 185 g/mol. The summed E-state index contributed by atoms with van der Waals surface area (Å²) in [6, 6.07) is 11.8. The van der Waals surface area contributed by atoms with Crippen LogP contribution in [0.2, 0.25) is 0 Å². The Hall–Kier alpha value is -1.50. The predicted molar refractivity (Wildman–Crippen MR) is 59.3 cm³/mol. The second-order valence-electron chi connectivity index (χ2n) is 3.39. The summed E-state index contributed by atoms with van der Waals surface area (Å²) in [6.07, 6.45) is 1.63. The van der Waals surface area contributed by atoms with Crippen molar-refractivity contribution in [1.29, 1.82) is 0 Å². The molecule has 0 atom stereocenters. The van der Waals surface area contributed by atoms with Crippen LogP contribution in [0.15, 0.2) is 36.4 Å². The SMILES string of the molecule is [CH2]CCc1c(O)ccc2ccccc12. The van der Waals surface area contributed by atoms with Gasteiger partial charge in [0.2, 0.25) is 0 Å². The molecule has 0 amide bonds. The molecule has 0 bridgehead atoms. The van der Waals surface area contributed by atoms with Gasteiger partial charge in [-0.2, -0.15) is 0 Å². The summed E-state index contributed by atoms with van der Waals surface area (Å²) in [5, 5.41) is 12.0. The van der Waals surface area contributed by atoms with E-state index in [-0.39, 0.29) is 0 Å². The van der Waals surface area contributed by atoms with Crippen molar-refractivity contribution in [1.82, 2.24) is 0 Å². The molecule has 0 aliphatic heterocycles. The maximum Gasteiger partial charge on any atom is 0.119 e. The molecule has 1 heteroatoms. The molecule has 1 radical (unpaired) electrons. The largest absolute Gasteiger partial charge is 0.508 e. The molecule has 2 rings (SSSR count). The van der Waals surface area contributed by atoms with E-state index in [0.29, 0.717) is 5.75 Å². The number of hydrogen-bond acceptors (Lipinski definition) is 1. The standard InChI is InChI=1S/C13H13O/c1-2-5-12-11-7-4-3-6-10(11)8-9-13(12)14/h3-4,6-9,14H,1-2,5H2. The average molecular weight is 185 g/mol. The van der Waals surface area contributed by atoms with E-state index in [1.54, 1.807) is 6.07 Å². The summed E-state index contributed by atoms with van der Waals surface area (Å²) in [5.41, 5.74) is 1.01. The third kappa shape index (κ3) is 1.46. The van der Waals surface area contributed by atoms with E-state index in [4.69, 9.17) is 0 Å². The van der Waals surface area contributed by atoms with Crippen LogP contribution in [0.5, 0.6) is 5.75 Å². The predicted octanol–water partition coefficient (Wildman–Crippen LogP) is 3.31. The molecule has 0 saturated heterocycles. The first-order valence-corrected chi connectivity index (χ1v) is 4.82. The summed E-state index contributed by atoms with van der Waals surface area (Å²) in [7, 11) is 0. The molecule has 0 aliphatic carbocycles. The Bertz CT molecular complexity index is 446. The van der Waals surface area contributed by atoms with Crippen molar-refractivity contribution in [2.45, 2.75) is 12.8 Å². The van der Waals surface area contributed by atoms with Crippen LogP contribution in [0, 0.1) is 6.92 Å². The van der Waals surface area contributed by atoms with Gasteiger partial charge >= 0.3 is 0 Å². The maximum atomic E-state index is 9.71. The molecule has 1 nitrogen and oxygen atoms in total. The summed E-state index contributed by atoms with van der Waals surface area (Å²) in [4.78, 5) is 0. The van der Waals surface area contributed by atoms with Gasteiger partial charge in [0.05, 0.1) is 0 Å². The van der Waals surface area contributed by atoms with Gasteiger partial charge < -0.3 is 5.11 Å². The van der Waals surface area contributed by atoms with Crippen LogP contribution in [0.4, 0.5) is 0 Å². The minimum absolute atomic E-state index is 0.382. The number of fused-ring (bicyclic) bond motifs is 1. The summed E-state index contributed by atoms with van der Waals surface area (Å²) in [6.45, 7) is 3.82. The molecule has 0 aromatic heterocycles. The zero-order chi connectivity index (χ0) is 9.97. The van der Waals surface area contributed by atoms with Gasteiger partial charge in [0.1, 0.15) is 5.75 Å². The molecule has 0 fully saturated rings. The molecule has 1 N–H and O–H groups in total. The lowest BCUT2D eigenvalue weighted by Gasteiger charge is -2.07. The number of phenolic OH excluding ortho intramolecular Hbond substituents is 1. The first-order chi connectivity index (χ1) is 6.83. The highest BCUT2D eigenvalue weighted by atomic mass is 16.3. The van der Waals surface area contributed by atoms with E-state index in [1.165, 1.54) is 5.39 Å². The normalized spacial score (nSPS) is 10.6. The van der Waals surface area contributed by atoms with Crippen molar-refractivity contribution in [2.24, 2.45) is 0 Å². The lowest BCUT2D eigenvalue weighted by molar-refractivity contribution is 0.469. The van der Waals surface area contributed by atoms with Crippen molar-refractivity contribution >= 4 is 10.8 Å². The topological polar surface area (TPSA) is 20.2 Å². The minimum atomic E-state index is 0.382. The zero-order valence-electron chi connectivity index (χ0n) is 8.03. The maximum absolute atomic E-state index is 9.71. The summed E-state index contributed by atoms with van der Waals surface area (Å²) >= 11 is 0. The molecule has 14 heavy (non-hydrogen) atoms. The van der Waals surface area contributed by atoms with Crippen LogP contribution in [0.3, 0.4) is 0 Å². The molecule has 0 saturated carbocycles. The van der Waals surface area contributed by atoms with Gasteiger partial charge in [-0.1, -0.05) is 37.3 Å². The number of benzene rings is 2. The van der Waals surface area contributed by atoms with Crippen molar-refractivity contribution in [3.8, 4) is 5.75 Å². The quantitative estimate of drug-likeness (QED) is 0.761. The highest BCUT2D eigenvalue weighted by molar-refractivity contribution is 5.87. The minimum Gasteiger partial charge on any atom is -0.508 e. The van der Waals surface area contributed by atoms with Crippen molar-refractivity contribution in [3.05, 3.63) is 48.9 Å². The number of aromatic hydroxyl groups is 1. The number of hydrogen-bond donors (Lipinski definition) is 1. The van der Waals surface area contributed by atoms with E-state index >= 15 is 0 Å². The van der Waals surface area contributed by atoms with Gasteiger partial charge in [0, 0.05) is 5.56 Å². The van der Waals surface area contributed by atoms with E-state index in [9.17, 15) is 5.11 Å². The molecule has 71 valence electrons. The van der Waals surface area contributed by atoms with Gasteiger partial charge in [-0.05, 0) is 29.7 Å². The molecular weight excluding hydrogens is 172 g/mol. The fourth-order valence-corrected chi connectivity index (χ4v) is 1.76. The Kier molecular flexibility index (Phi) is 2.40. The van der Waals surface area contributed by atoms with E-state index < -0.39 is 0 Å². The number of rotatable bonds is 2. The van der Waals surface area contributed by atoms with Gasteiger partial charge in [0.15, 0.2) is 0 Å². The second-order valence-corrected chi connectivity index (χ2v) is 3.39. The van der Waals surface area contributed by atoms with E-state index in [0.717, 1.165) is 23.8 Å². The van der Waals surface area contributed by atoms with Crippen molar-refractivity contribution in [3.63, 3.8) is 0 Å². The van der Waals surface area contributed by atoms with Crippen LogP contribution in [0.25, 0.3) is 10.8 Å². The Labute approximate surface area is 84.0 Å². The molecular formula is C13H13O. The van der Waals surface area contributed by atoms with Gasteiger partial charge in [0.25, 0.3) is 0 Å². The Balaban J connectivity index is 2.69. The molecule has 0 heterocycles. The number of aryl methyl sites for hydroxylation is 1. The smallest absolute Gasteiger partial charge is 0.119 e. The van der Waals surface area contributed by atoms with Gasteiger partial charge in [-0.3, -0.25) is 0 Å². The second kappa shape index (κ2) is 3.70. The highest BCUT2D eigenvalue weighted by Crippen LogP contribution is 2.27. The highest BCUT2D eigenvalue weighted by Gasteiger charge is 2.04. The third-order valence-corrected chi connectivity index (χ3v) is 2.44. The average Bonchev–Trinajstić information content (AvgIpc) is 2.23. The Morgan fingerprint density at radius 3 is 2.64 bits per heavy atom. The molecule has 0 spiro atoms. The molecule has 0 aliphatic rings. The van der Waals surface area contributed by atoms with Crippen LogP contribution in [0.1, 0.15) is 12.0 Å². The summed E-state index contributed by atoms with van der Waals surface area (Å²) < 4.78 is 0. The Morgan fingerprint density at radius 2 is 1.86 bits per heavy atom. The summed E-state index contributed by atoms with van der Waals surface area (Å²) in [5.74, 6) is 0.382. The number of phenols is 1. The lowest BCUT2D eigenvalue weighted by Crippen LogP contribution is -1.86. The van der Waals surface area contributed by atoms with Crippen LogP contribution >= 0.6 is 0 Å². The van der Waals surface area contributed by atoms with Crippen molar-refractivity contribution in [2.75, 3.05) is 0 Å².